The van der Waals surface area contributed by atoms with E-state index >= 15 is 0 Å². The van der Waals surface area contributed by atoms with Gasteiger partial charge in [0.25, 0.3) is 0 Å². The summed E-state index contributed by atoms with van der Waals surface area (Å²) in [6.07, 6.45) is 2.45. The van der Waals surface area contributed by atoms with Crippen molar-refractivity contribution in [2.24, 2.45) is 23.7 Å². The molecule has 2 fully saturated rings. The summed E-state index contributed by atoms with van der Waals surface area (Å²) in [4.78, 5) is 12.0. The van der Waals surface area contributed by atoms with Crippen LogP contribution in [0.15, 0.2) is 24.3 Å². The van der Waals surface area contributed by atoms with Gasteiger partial charge in [0.05, 0.1) is 0 Å². The maximum Gasteiger partial charge on any atom is 0.228 e. The van der Waals surface area contributed by atoms with Gasteiger partial charge in [-0.05, 0) is 54.9 Å². The first-order valence-corrected chi connectivity index (χ1v) is 6.59. The van der Waals surface area contributed by atoms with Crippen molar-refractivity contribution in [2.45, 2.75) is 19.8 Å². The standard InChI is InChI=1S/C14H16ClNO/c1-8-6-11-12(7-8)13(11)14(17)16-10-4-2-9(15)3-5-10/h2-5,8,11-13H,6-7H2,1H3,(H,16,17)/t8?,11-,12+,13?. The van der Waals surface area contributed by atoms with Crippen LogP contribution in [0.3, 0.4) is 0 Å². The molecule has 0 radical (unpaired) electrons. The van der Waals surface area contributed by atoms with Gasteiger partial charge in [-0.1, -0.05) is 18.5 Å². The largest absolute Gasteiger partial charge is 0.326 e. The van der Waals surface area contributed by atoms with Gasteiger partial charge in [0.15, 0.2) is 0 Å². The predicted octanol–water partition coefficient (Wildman–Crippen LogP) is 3.57. The Morgan fingerprint density at radius 1 is 1.24 bits per heavy atom. The Bertz CT molecular complexity index is 430. The Morgan fingerprint density at radius 3 is 2.41 bits per heavy atom. The number of amides is 1. The number of hydrogen-bond donors (Lipinski definition) is 1. The van der Waals surface area contributed by atoms with Gasteiger partial charge < -0.3 is 5.32 Å². The van der Waals surface area contributed by atoms with Gasteiger partial charge in [0, 0.05) is 16.6 Å². The molecule has 1 amide bonds. The summed E-state index contributed by atoms with van der Waals surface area (Å²) in [6, 6.07) is 7.29. The third-order valence-corrected chi connectivity index (χ3v) is 4.35. The van der Waals surface area contributed by atoms with Gasteiger partial charge in [-0.15, -0.1) is 0 Å². The highest BCUT2D eigenvalue weighted by Crippen LogP contribution is 2.59. The number of benzene rings is 1. The van der Waals surface area contributed by atoms with Crippen molar-refractivity contribution in [2.75, 3.05) is 5.32 Å². The molecule has 0 heterocycles. The molecule has 0 saturated heterocycles. The zero-order valence-electron chi connectivity index (χ0n) is 9.82. The van der Waals surface area contributed by atoms with Crippen molar-refractivity contribution in [3.05, 3.63) is 29.3 Å². The number of fused-ring (bicyclic) bond motifs is 1. The average molecular weight is 250 g/mol. The minimum atomic E-state index is 0.189. The highest BCUT2D eigenvalue weighted by atomic mass is 35.5. The van der Waals surface area contributed by atoms with Crippen LogP contribution in [0.1, 0.15) is 19.8 Å². The van der Waals surface area contributed by atoms with E-state index in [0.717, 1.165) is 11.6 Å². The topological polar surface area (TPSA) is 29.1 Å². The minimum absolute atomic E-state index is 0.189. The van der Waals surface area contributed by atoms with Gasteiger partial charge in [-0.3, -0.25) is 4.79 Å². The fourth-order valence-corrected chi connectivity index (χ4v) is 3.39. The monoisotopic (exact) mass is 249 g/mol. The van der Waals surface area contributed by atoms with E-state index in [1.165, 1.54) is 12.8 Å². The Morgan fingerprint density at radius 2 is 1.82 bits per heavy atom. The molecule has 2 aliphatic rings. The molecular formula is C14H16ClNO. The molecule has 3 rings (SSSR count). The van der Waals surface area contributed by atoms with Crippen LogP contribution in [-0.2, 0) is 4.79 Å². The summed E-state index contributed by atoms with van der Waals surface area (Å²) >= 11 is 5.80. The third-order valence-electron chi connectivity index (χ3n) is 4.10. The zero-order valence-corrected chi connectivity index (χ0v) is 10.6. The Hall–Kier alpha value is -1.02. The average Bonchev–Trinajstić information content (AvgIpc) is 2.81. The second kappa shape index (κ2) is 4.02. The summed E-state index contributed by atoms with van der Waals surface area (Å²) < 4.78 is 0. The fraction of sp³-hybridized carbons (Fsp3) is 0.500. The molecular weight excluding hydrogens is 234 g/mol. The molecule has 1 aromatic carbocycles. The van der Waals surface area contributed by atoms with Crippen LogP contribution in [0.5, 0.6) is 0 Å². The lowest BCUT2D eigenvalue weighted by Gasteiger charge is -2.09. The molecule has 0 aliphatic heterocycles. The van der Waals surface area contributed by atoms with E-state index in [0.29, 0.717) is 16.9 Å². The van der Waals surface area contributed by atoms with Crippen molar-refractivity contribution < 1.29 is 4.79 Å². The smallest absolute Gasteiger partial charge is 0.228 e. The van der Waals surface area contributed by atoms with Gasteiger partial charge >= 0.3 is 0 Å². The van der Waals surface area contributed by atoms with Crippen molar-refractivity contribution in [3.63, 3.8) is 0 Å². The van der Waals surface area contributed by atoms with Crippen molar-refractivity contribution in [1.29, 1.82) is 0 Å². The molecule has 0 aromatic heterocycles. The highest BCUT2D eigenvalue weighted by Gasteiger charge is 2.58. The van der Waals surface area contributed by atoms with E-state index < -0.39 is 0 Å². The molecule has 1 aromatic rings. The molecule has 2 nitrogen and oxygen atoms in total. The molecule has 0 bridgehead atoms. The number of anilines is 1. The summed E-state index contributed by atoms with van der Waals surface area (Å²) in [5.74, 6) is 2.57. The van der Waals surface area contributed by atoms with Gasteiger partial charge in [-0.2, -0.15) is 0 Å². The molecule has 4 atom stereocenters. The van der Waals surface area contributed by atoms with Gasteiger partial charge in [-0.25, -0.2) is 0 Å². The third kappa shape index (κ3) is 2.06. The lowest BCUT2D eigenvalue weighted by atomic mass is 10.0. The molecule has 2 unspecified atom stereocenters. The zero-order chi connectivity index (χ0) is 12.0. The number of nitrogens with one attached hydrogen (secondary N) is 1. The van der Waals surface area contributed by atoms with Gasteiger partial charge in [0.2, 0.25) is 5.91 Å². The van der Waals surface area contributed by atoms with Crippen LogP contribution in [0.2, 0.25) is 5.02 Å². The summed E-state index contributed by atoms with van der Waals surface area (Å²) in [6.45, 7) is 2.28. The van der Waals surface area contributed by atoms with E-state index in [2.05, 4.69) is 12.2 Å². The van der Waals surface area contributed by atoms with Crippen LogP contribution in [-0.4, -0.2) is 5.91 Å². The highest BCUT2D eigenvalue weighted by molar-refractivity contribution is 6.30. The molecule has 1 N–H and O–H groups in total. The number of carbonyl (C=O) groups is 1. The quantitative estimate of drug-likeness (QED) is 0.853. The molecule has 17 heavy (non-hydrogen) atoms. The lowest BCUT2D eigenvalue weighted by molar-refractivity contribution is -0.118. The second-order valence-electron chi connectivity index (χ2n) is 5.43. The molecule has 2 aliphatic carbocycles. The Balaban J connectivity index is 1.60. The fourth-order valence-electron chi connectivity index (χ4n) is 3.26. The number of halogens is 1. The number of carbonyl (C=O) groups excluding carboxylic acids is 1. The number of rotatable bonds is 2. The predicted molar refractivity (Wildman–Crippen MR) is 68.9 cm³/mol. The summed E-state index contributed by atoms with van der Waals surface area (Å²) in [5.41, 5.74) is 0.845. The minimum Gasteiger partial charge on any atom is -0.326 e. The molecule has 2 saturated carbocycles. The Labute approximate surface area is 106 Å². The second-order valence-corrected chi connectivity index (χ2v) is 5.86. The van der Waals surface area contributed by atoms with E-state index in [9.17, 15) is 4.79 Å². The normalized spacial score (nSPS) is 34.2. The van der Waals surface area contributed by atoms with Crippen molar-refractivity contribution in [3.8, 4) is 0 Å². The first-order valence-electron chi connectivity index (χ1n) is 6.21. The molecule has 90 valence electrons. The van der Waals surface area contributed by atoms with Crippen molar-refractivity contribution >= 4 is 23.2 Å². The van der Waals surface area contributed by atoms with Crippen LogP contribution in [0.4, 0.5) is 5.69 Å². The van der Waals surface area contributed by atoms with Crippen LogP contribution in [0.25, 0.3) is 0 Å². The maximum absolute atomic E-state index is 12.0. The van der Waals surface area contributed by atoms with E-state index in [1.807, 2.05) is 12.1 Å². The van der Waals surface area contributed by atoms with Crippen LogP contribution < -0.4 is 5.32 Å². The van der Waals surface area contributed by atoms with Crippen molar-refractivity contribution in [1.82, 2.24) is 0 Å². The van der Waals surface area contributed by atoms with Crippen LogP contribution in [0, 0.1) is 23.7 Å². The lowest BCUT2D eigenvalue weighted by Crippen LogP contribution is -2.17. The van der Waals surface area contributed by atoms with E-state index in [4.69, 9.17) is 11.6 Å². The van der Waals surface area contributed by atoms with Gasteiger partial charge in [0.1, 0.15) is 0 Å². The molecule has 0 spiro atoms. The number of hydrogen-bond acceptors (Lipinski definition) is 1. The molecule has 3 heteroatoms. The van der Waals surface area contributed by atoms with E-state index in [-0.39, 0.29) is 11.8 Å². The first-order chi connectivity index (χ1) is 8.15. The summed E-state index contributed by atoms with van der Waals surface area (Å²) in [7, 11) is 0. The Kier molecular flexibility index (Phi) is 2.62. The maximum atomic E-state index is 12.0. The van der Waals surface area contributed by atoms with E-state index in [1.54, 1.807) is 12.1 Å². The summed E-state index contributed by atoms with van der Waals surface area (Å²) in [5, 5.41) is 3.67. The first kappa shape index (κ1) is 11.1. The SMILES string of the molecule is CC1C[C@@H]2C(C(=O)Nc3ccc(Cl)cc3)[C@@H]2C1. The van der Waals surface area contributed by atoms with Crippen LogP contribution >= 0.6 is 11.6 Å².